The number of morpholine rings is 1. The number of phenolic OH excluding ortho intramolecular Hbond substituents is 1. The number of oxazole rings is 1. The van der Waals surface area contributed by atoms with Crippen LogP contribution in [0, 0.1) is 0 Å². The summed E-state index contributed by atoms with van der Waals surface area (Å²) in [5, 5.41) is 12.5. The molecule has 0 saturated carbocycles. The Hall–Kier alpha value is -2.45. The number of nitrogens with one attached hydrogen (secondary N) is 1. The zero-order chi connectivity index (χ0) is 17.6. The SMILES string of the molecule is O=Cc1c(O)ccc2oc(CCC(=O)NCCN3CCOCC3)nc12. The Bertz CT molecular complexity index is 752. The molecule has 1 aromatic heterocycles. The molecule has 2 aromatic rings. The fraction of sp³-hybridized carbons (Fsp3) is 0.471. The van der Waals surface area contributed by atoms with E-state index in [2.05, 4.69) is 15.2 Å². The van der Waals surface area contributed by atoms with E-state index in [4.69, 9.17) is 9.15 Å². The predicted octanol–water partition coefficient (Wildman–Crippen LogP) is 0.727. The highest BCUT2D eigenvalue weighted by atomic mass is 16.5. The van der Waals surface area contributed by atoms with Crippen molar-refractivity contribution in [3.05, 3.63) is 23.6 Å². The van der Waals surface area contributed by atoms with Crippen molar-refractivity contribution in [2.24, 2.45) is 0 Å². The minimum atomic E-state index is -0.136. The number of aryl methyl sites for hydroxylation is 1. The molecule has 0 aliphatic carbocycles. The quantitative estimate of drug-likeness (QED) is 0.711. The molecule has 1 fully saturated rings. The molecular weight excluding hydrogens is 326 g/mol. The smallest absolute Gasteiger partial charge is 0.220 e. The van der Waals surface area contributed by atoms with E-state index in [-0.39, 0.29) is 23.6 Å². The summed E-state index contributed by atoms with van der Waals surface area (Å²) < 4.78 is 10.8. The van der Waals surface area contributed by atoms with E-state index in [1.807, 2.05) is 0 Å². The summed E-state index contributed by atoms with van der Waals surface area (Å²) in [6.07, 6.45) is 1.12. The molecule has 0 bridgehead atoms. The van der Waals surface area contributed by atoms with Crippen LogP contribution >= 0.6 is 0 Å². The number of benzene rings is 1. The number of hydrogen-bond acceptors (Lipinski definition) is 7. The second kappa shape index (κ2) is 8.09. The van der Waals surface area contributed by atoms with Crippen LogP contribution in [0.15, 0.2) is 16.5 Å². The van der Waals surface area contributed by atoms with Crippen molar-refractivity contribution >= 4 is 23.3 Å². The summed E-state index contributed by atoms with van der Waals surface area (Å²) in [5.74, 6) is 0.157. The lowest BCUT2D eigenvalue weighted by atomic mass is 10.2. The second-order valence-corrected chi connectivity index (χ2v) is 5.87. The molecule has 0 unspecified atom stereocenters. The van der Waals surface area contributed by atoms with Gasteiger partial charge in [0.05, 0.1) is 18.8 Å². The Morgan fingerprint density at radius 2 is 2.16 bits per heavy atom. The first-order valence-electron chi connectivity index (χ1n) is 8.30. The van der Waals surface area contributed by atoms with Gasteiger partial charge in [0.2, 0.25) is 5.91 Å². The normalized spacial score (nSPS) is 15.4. The first-order chi connectivity index (χ1) is 12.2. The van der Waals surface area contributed by atoms with Crippen LogP contribution < -0.4 is 5.32 Å². The Morgan fingerprint density at radius 1 is 1.36 bits per heavy atom. The van der Waals surface area contributed by atoms with Crippen LogP contribution in [0.1, 0.15) is 22.7 Å². The van der Waals surface area contributed by atoms with Crippen molar-refractivity contribution in [3.63, 3.8) is 0 Å². The van der Waals surface area contributed by atoms with Crippen molar-refractivity contribution in [3.8, 4) is 5.75 Å². The van der Waals surface area contributed by atoms with Gasteiger partial charge in [-0.1, -0.05) is 0 Å². The van der Waals surface area contributed by atoms with Gasteiger partial charge in [-0.05, 0) is 12.1 Å². The van der Waals surface area contributed by atoms with E-state index in [0.717, 1.165) is 32.8 Å². The molecule has 25 heavy (non-hydrogen) atoms. The second-order valence-electron chi connectivity index (χ2n) is 5.87. The molecule has 0 radical (unpaired) electrons. The van der Waals surface area contributed by atoms with Crippen LogP contribution in [0.3, 0.4) is 0 Å². The standard InChI is InChI=1S/C17H21N3O5/c21-11-12-13(22)1-2-14-17(12)19-16(25-14)4-3-15(23)18-5-6-20-7-9-24-10-8-20/h1-2,11,22H,3-10H2,(H,18,23). The van der Waals surface area contributed by atoms with Crippen molar-refractivity contribution in [1.82, 2.24) is 15.2 Å². The molecule has 2 heterocycles. The van der Waals surface area contributed by atoms with Crippen molar-refractivity contribution in [1.29, 1.82) is 0 Å². The van der Waals surface area contributed by atoms with Crippen LogP contribution in [0.25, 0.3) is 11.1 Å². The summed E-state index contributed by atoms with van der Waals surface area (Å²) in [4.78, 5) is 29.4. The minimum Gasteiger partial charge on any atom is -0.507 e. The van der Waals surface area contributed by atoms with Crippen LogP contribution in [-0.2, 0) is 16.0 Å². The van der Waals surface area contributed by atoms with E-state index in [9.17, 15) is 14.7 Å². The van der Waals surface area contributed by atoms with E-state index < -0.39 is 0 Å². The highest BCUT2D eigenvalue weighted by Crippen LogP contribution is 2.26. The minimum absolute atomic E-state index is 0.0750. The fourth-order valence-electron chi connectivity index (χ4n) is 2.76. The van der Waals surface area contributed by atoms with Crippen LogP contribution in [-0.4, -0.2) is 66.6 Å². The molecule has 0 spiro atoms. The molecule has 3 rings (SSSR count). The van der Waals surface area contributed by atoms with Gasteiger partial charge in [0.15, 0.2) is 17.8 Å². The third-order valence-corrected chi connectivity index (χ3v) is 4.16. The zero-order valence-corrected chi connectivity index (χ0v) is 13.9. The van der Waals surface area contributed by atoms with Gasteiger partial charge < -0.3 is 19.6 Å². The van der Waals surface area contributed by atoms with Crippen molar-refractivity contribution in [2.75, 3.05) is 39.4 Å². The van der Waals surface area contributed by atoms with Crippen LogP contribution in [0.2, 0.25) is 0 Å². The first kappa shape index (κ1) is 17.4. The zero-order valence-electron chi connectivity index (χ0n) is 13.9. The Balaban J connectivity index is 1.48. The van der Waals surface area contributed by atoms with Gasteiger partial charge in [0.1, 0.15) is 11.3 Å². The number of carbonyl (C=O) groups is 2. The van der Waals surface area contributed by atoms with Gasteiger partial charge in [-0.15, -0.1) is 0 Å². The molecular formula is C17H21N3O5. The number of rotatable bonds is 7. The summed E-state index contributed by atoms with van der Waals surface area (Å²) in [6, 6.07) is 2.94. The lowest BCUT2D eigenvalue weighted by Gasteiger charge is -2.26. The lowest BCUT2D eigenvalue weighted by molar-refractivity contribution is -0.121. The van der Waals surface area contributed by atoms with E-state index in [1.54, 1.807) is 6.07 Å². The van der Waals surface area contributed by atoms with E-state index >= 15 is 0 Å². The molecule has 2 N–H and O–H groups in total. The van der Waals surface area contributed by atoms with Crippen molar-refractivity contribution in [2.45, 2.75) is 12.8 Å². The number of aromatic nitrogens is 1. The van der Waals surface area contributed by atoms with Gasteiger partial charge in [-0.2, -0.15) is 0 Å². The maximum Gasteiger partial charge on any atom is 0.220 e. The number of aldehydes is 1. The monoisotopic (exact) mass is 347 g/mol. The van der Waals surface area contributed by atoms with Crippen LogP contribution in [0.5, 0.6) is 5.75 Å². The number of amides is 1. The Morgan fingerprint density at radius 3 is 2.92 bits per heavy atom. The third-order valence-electron chi connectivity index (χ3n) is 4.16. The average Bonchev–Trinajstić information content (AvgIpc) is 3.04. The number of fused-ring (bicyclic) bond motifs is 1. The molecule has 1 aliphatic heterocycles. The topological polar surface area (TPSA) is 105 Å². The molecule has 8 nitrogen and oxygen atoms in total. The average molecular weight is 347 g/mol. The lowest BCUT2D eigenvalue weighted by Crippen LogP contribution is -2.41. The van der Waals surface area contributed by atoms with Gasteiger partial charge >= 0.3 is 0 Å². The highest BCUT2D eigenvalue weighted by molar-refractivity contribution is 5.96. The molecule has 1 aliphatic rings. The molecule has 0 atom stereocenters. The third kappa shape index (κ3) is 4.34. The molecule has 134 valence electrons. The maximum absolute atomic E-state index is 11.9. The summed E-state index contributed by atoms with van der Waals surface area (Å²) >= 11 is 0. The van der Waals surface area contributed by atoms with Gasteiger partial charge in [-0.25, -0.2) is 4.98 Å². The summed E-state index contributed by atoms with van der Waals surface area (Å²) in [6.45, 7) is 4.67. The molecule has 1 amide bonds. The molecule has 1 saturated heterocycles. The van der Waals surface area contributed by atoms with E-state index in [0.29, 0.717) is 36.2 Å². The maximum atomic E-state index is 11.9. The first-order valence-corrected chi connectivity index (χ1v) is 8.30. The fourth-order valence-corrected chi connectivity index (χ4v) is 2.76. The number of hydrogen-bond donors (Lipinski definition) is 2. The number of nitrogens with zero attached hydrogens (tertiary/aromatic N) is 2. The van der Waals surface area contributed by atoms with Gasteiger partial charge in [-0.3, -0.25) is 14.5 Å². The van der Waals surface area contributed by atoms with Crippen molar-refractivity contribution < 1.29 is 23.8 Å². The number of aromatic hydroxyl groups is 1. The van der Waals surface area contributed by atoms with E-state index in [1.165, 1.54) is 6.07 Å². The number of ether oxygens (including phenoxy) is 1. The Kier molecular flexibility index (Phi) is 5.62. The largest absolute Gasteiger partial charge is 0.507 e. The number of phenols is 1. The van der Waals surface area contributed by atoms with Gasteiger partial charge in [0.25, 0.3) is 0 Å². The summed E-state index contributed by atoms with van der Waals surface area (Å²) in [5.41, 5.74) is 0.836. The Labute approximate surface area is 144 Å². The highest BCUT2D eigenvalue weighted by Gasteiger charge is 2.14. The molecule has 1 aromatic carbocycles. The van der Waals surface area contributed by atoms with Crippen LogP contribution in [0.4, 0.5) is 0 Å². The predicted molar refractivity (Wildman–Crippen MR) is 89.7 cm³/mol. The molecule has 8 heteroatoms. The number of carbonyl (C=O) groups excluding carboxylic acids is 2. The van der Waals surface area contributed by atoms with Gasteiger partial charge in [0, 0.05) is 39.0 Å². The summed E-state index contributed by atoms with van der Waals surface area (Å²) in [7, 11) is 0.